The van der Waals surface area contributed by atoms with Crippen LogP contribution >= 0.6 is 34.8 Å². The van der Waals surface area contributed by atoms with E-state index in [2.05, 4.69) is 5.32 Å². The van der Waals surface area contributed by atoms with Crippen molar-refractivity contribution in [3.63, 3.8) is 0 Å². The van der Waals surface area contributed by atoms with Gasteiger partial charge in [0.2, 0.25) is 5.91 Å². The molecule has 1 aliphatic rings. The first-order chi connectivity index (χ1) is 16.0. The molecule has 4 nitrogen and oxygen atoms in total. The second-order valence-corrected chi connectivity index (χ2v) is 9.66. The lowest BCUT2D eigenvalue weighted by Crippen LogP contribution is -2.46. The van der Waals surface area contributed by atoms with Crippen LogP contribution in [0.1, 0.15) is 27.4 Å². The molecule has 3 rings (SSSR count). The zero-order chi connectivity index (χ0) is 26.5. The predicted molar refractivity (Wildman–Crippen MR) is 115 cm³/mol. The molecule has 2 N–H and O–H groups in total. The fourth-order valence-electron chi connectivity index (χ4n) is 3.37. The first-order valence-corrected chi connectivity index (χ1v) is 10.8. The lowest BCUT2D eigenvalue weighted by Gasteiger charge is -2.20. The van der Waals surface area contributed by atoms with Crippen LogP contribution < -0.4 is 10.6 Å². The molecule has 190 valence electrons. The van der Waals surface area contributed by atoms with E-state index < -0.39 is 63.8 Å². The minimum atomic E-state index is -5.90. The van der Waals surface area contributed by atoms with Crippen molar-refractivity contribution >= 4 is 52.3 Å². The molecular formula is C21H14Cl3F7N2O2. The van der Waals surface area contributed by atoms with Crippen molar-refractivity contribution in [1.82, 2.24) is 5.32 Å². The van der Waals surface area contributed by atoms with Gasteiger partial charge >= 0.3 is 12.1 Å². The highest BCUT2D eigenvalue weighted by molar-refractivity contribution is 6.53. The van der Waals surface area contributed by atoms with Crippen LogP contribution in [0.25, 0.3) is 0 Å². The Hall–Kier alpha value is -2.24. The molecule has 0 radical (unpaired) electrons. The van der Waals surface area contributed by atoms with E-state index in [1.165, 1.54) is 17.4 Å². The Bertz CT molecular complexity index is 1190. The molecule has 35 heavy (non-hydrogen) atoms. The predicted octanol–water partition coefficient (Wildman–Crippen LogP) is 6.38. The van der Waals surface area contributed by atoms with Crippen LogP contribution in [0.15, 0.2) is 30.3 Å². The summed E-state index contributed by atoms with van der Waals surface area (Å²) in [5, 5.41) is 3.46. The molecule has 0 bridgehead atoms. The summed E-state index contributed by atoms with van der Waals surface area (Å²) >= 11 is 18.1. The van der Waals surface area contributed by atoms with Gasteiger partial charge in [-0.1, -0.05) is 17.7 Å². The van der Waals surface area contributed by atoms with Gasteiger partial charge in [0, 0.05) is 17.2 Å². The molecule has 1 aliphatic carbocycles. The quantitative estimate of drug-likeness (QED) is 0.316. The van der Waals surface area contributed by atoms with Crippen molar-refractivity contribution in [3.8, 4) is 0 Å². The molecule has 0 unspecified atom stereocenters. The molecule has 2 aromatic rings. The largest absolute Gasteiger partial charge is 0.455 e. The van der Waals surface area contributed by atoms with Crippen molar-refractivity contribution in [2.24, 2.45) is 5.92 Å². The maximum atomic E-state index is 14.3. The number of alkyl halides is 7. The Morgan fingerprint density at radius 1 is 1.03 bits per heavy atom. The van der Waals surface area contributed by atoms with Crippen LogP contribution in [-0.2, 0) is 4.79 Å². The van der Waals surface area contributed by atoms with Gasteiger partial charge in [-0.15, -0.1) is 23.2 Å². The average Bonchev–Trinajstić information content (AvgIpc) is 3.32. The summed E-state index contributed by atoms with van der Waals surface area (Å²) < 4.78 is 89.3. The Morgan fingerprint density at radius 2 is 1.66 bits per heavy atom. The maximum Gasteiger partial charge on any atom is 0.455 e. The molecule has 2 aromatic carbocycles. The number of hydrogen-bond donors (Lipinski definition) is 2. The van der Waals surface area contributed by atoms with Crippen LogP contribution in [0.4, 0.5) is 36.4 Å². The van der Waals surface area contributed by atoms with Gasteiger partial charge in [0.15, 0.2) is 0 Å². The van der Waals surface area contributed by atoms with Crippen molar-refractivity contribution in [3.05, 3.63) is 63.7 Å². The molecule has 0 saturated heterocycles. The van der Waals surface area contributed by atoms with Crippen LogP contribution in [-0.4, -0.2) is 34.8 Å². The minimum absolute atomic E-state index is 0.231. The standard InChI is InChI=1S/C21H14Cl3F7N2O2/c1-8-11(17(34)32-7-19(27,28)21(29,30)31)5-10(6-14(8)26)33-18(35)16-15(20(16,23)24)9-2-3-13(25)12(22)4-9/h2-6,15-16H,7H2,1H3,(H,32,34)(H,33,35)/t15-,16+/m0/s1. The summed E-state index contributed by atoms with van der Waals surface area (Å²) in [6, 6.07) is 5.32. The Kier molecular flexibility index (Phi) is 7.29. The average molecular weight is 566 g/mol. The molecule has 14 heteroatoms. The fourth-order valence-corrected chi connectivity index (χ4v) is 4.38. The summed E-state index contributed by atoms with van der Waals surface area (Å²) in [6.07, 6.45) is -5.90. The molecular weight excluding hydrogens is 552 g/mol. The van der Waals surface area contributed by atoms with E-state index in [0.717, 1.165) is 25.1 Å². The molecule has 1 fully saturated rings. The number of nitrogens with one attached hydrogen (secondary N) is 2. The SMILES string of the molecule is Cc1c(F)cc(NC(=O)[C@H]2[C@H](c3ccc(F)c(Cl)c3)C2(Cl)Cl)cc1C(=O)NCC(F)(F)C(F)(F)F. The van der Waals surface area contributed by atoms with E-state index in [9.17, 15) is 40.3 Å². The molecule has 0 spiro atoms. The first-order valence-electron chi connectivity index (χ1n) is 9.64. The normalized spacial score (nSPS) is 19.3. The van der Waals surface area contributed by atoms with Gasteiger partial charge in [-0.2, -0.15) is 22.0 Å². The maximum absolute atomic E-state index is 14.3. The molecule has 0 aliphatic heterocycles. The summed E-state index contributed by atoms with van der Waals surface area (Å²) in [4.78, 5) is 24.9. The van der Waals surface area contributed by atoms with E-state index in [4.69, 9.17) is 34.8 Å². The molecule has 0 aromatic heterocycles. The number of benzene rings is 2. The Labute approximate surface area is 208 Å². The van der Waals surface area contributed by atoms with Gasteiger partial charge in [-0.3, -0.25) is 9.59 Å². The lowest BCUT2D eigenvalue weighted by atomic mass is 10.1. The molecule has 0 heterocycles. The fraction of sp³-hybridized carbons (Fsp3) is 0.333. The highest BCUT2D eigenvalue weighted by Gasteiger charge is 2.67. The first kappa shape index (κ1) is 27.3. The van der Waals surface area contributed by atoms with Gasteiger partial charge in [0.05, 0.1) is 17.5 Å². The number of anilines is 1. The van der Waals surface area contributed by atoms with E-state index in [1.807, 2.05) is 0 Å². The van der Waals surface area contributed by atoms with Crippen LogP contribution in [0.3, 0.4) is 0 Å². The molecule has 2 amide bonds. The highest BCUT2D eigenvalue weighted by Crippen LogP contribution is 2.65. The van der Waals surface area contributed by atoms with Crippen LogP contribution in [0.2, 0.25) is 5.02 Å². The van der Waals surface area contributed by atoms with E-state index in [-0.39, 0.29) is 16.3 Å². The van der Waals surface area contributed by atoms with Crippen LogP contribution in [0.5, 0.6) is 0 Å². The summed E-state index contributed by atoms with van der Waals surface area (Å²) in [5.74, 6) is -11.1. The minimum Gasteiger partial charge on any atom is -0.346 e. The number of rotatable bonds is 6. The highest BCUT2D eigenvalue weighted by atomic mass is 35.5. The summed E-state index contributed by atoms with van der Waals surface area (Å²) in [7, 11) is 0. The number of hydrogen-bond acceptors (Lipinski definition) is 2. The number of carbonyl (C=O) groups excluding carboxylic acids is 2. The number of carbonyl (C=O) groups is 2. The Morgan fingerprint density at radius 3 is 2.23 bits per heavy atom. The van der Waals surface area contributed by atoms with Gasteiger partial charge in [0.25, 0.3) is 5.91 Å². The molecule has 1 saturated carbocycles. The van der Waals surface area contributed by atoms with E-state index >= 15 is 0 Å². The van der Waals surface area contributed by atoms with Gasteiger partial charge in [-0.25, -0.2) is 8.78 Å². The third kappa shape index (κ3) is 5.46. The van der Waals surface area contributed by atoms with Gasteiger partial charge < -0.3 is 10.6 Å². The van der Waals surface area contributed by atoms with Crippen molar-refractivity contribution < 1.29 is 40.3 Å². The third-order valence-electron chi connectivity index (χ3n) is 5.38. The zero-order valence-electron chi connectivity index (χ0n) is 17.3. The van der Waals surface area contributed by atoms with Crippen molar-refractivity contribution in [2.75, 3.05) is 11.9 Å². The number of amides is 2. The lowest BCUT2D eigenvalue weighted by molar-refractivity contribution is -0.278. The monoisotopic (exact) mass is 564 g/mol. The topological polar surface area (TPSA) is 58.2 Å². The van der Waals surface area contributed by atoms with Crippen molar-refractivity contribution in [2.45, 2.75) is 29.3 Å². The second kappa shape index (κ2) is 9.33. The van der Waals surface area contributed by atoms with Crippen molar-refractivity contribution in [1.29, 1.82) is 0 Å². The van der Waals surface area contributed by atoms with E-state index in [1.54, 1.807) is 0 Å². The smallest absolute Gasteiger partial charge is 0.346 e. The Balaban J connectivity index is 1.78. The van der Waals surface area contributed by atoms with E-state index in [0.29, 0.717) is 5.56 Å². The van der Waals surface area contributed by atoms with Crippen LogP contribution in [0, 0.1) is 24.5 Å². The summed E-state index contributed by atoms with van der Waals surface area (Å²) in [5.41, 5.74) is -0.899. The van der Waals surface area contributed by atoms with Gasteiger partial charge in [-0.05, 0) is 42.3 Å². The third-order valence-corrected chi connectivity index (χ3v) is 6.61. The van der Waals surface area contributed by atoms with Gasteiger partial charge in [0.1, 0.15) is 16.0 Å². The summed E-state index contributed by atoms with van der Waals surface area (Å²) in [6.45, 7) is -0.979. The molecule has 2 atom stereocenters. The second-order valence-electron chi connectivity index (χ2n) is 7.81. The number of halogens is 10. The zero-order valence-corrected chi connectivity index (χ0v) is 19.6.